The zero-order valence-electron chi connectivity index (χ0n) is 14.8. The van der Waals surface area contributed by atoms with E-state index >= 15 is 0 Å². The number of benzene rings is 1. The van der Waals surface area contributed by atoms with E-state index < -0.39 is 0 Å². The third-order valence-electron chi connectivity index (χ3n) is 4.01. The lowest BCUT2D eigenvalue weighted by molar-refractivity contribution is 0.352. The molecule has 0 unspecified atom stereocenters. The first kappa shape index (κ1) is 17.9. The van der Waals surface area contributed by atoms with Gasteiger partial charge >= 0.3 is 0 Å². The lowest BCUT2D eigenvalue weighted by atomic mass is 10.1. The minimum atomic E-state index is 0.429. The fourth-order valence-corrected chi connectivity index (χ4v) is 2.82. The van der Waals surface area contributed by atoms with Gasteiger partial charge in [0.15, 0.2) is 17.5 Å². The molecule has 5 heteroatoms. The summed E-state index contributed by atoms with van der Waals surface area (Å²) in [4.78, 5) is 4.30. The number of guanidine groups is 1. The molecule has 0 spiro atoms. The second-order valence-corrected chi connectivity index (χ2v) is 5.69. The Bertz CT molecular complexity index is 615. The van der Waals surface area contributed by atoms with Crippen molar-refractivity contribution in [1.29, 1.82) is 0 Å². The predicted molar refractivity (Wildman–Crippen MR) is 98.9 cm³/mol. The number of nitrogens with one attached hydrogen (secondary N) is 2. The van der Waals surface area contributed by atoms with Gasteiger partial charge in [0.05, 0.1) is 14.2 Å². The minimum Gasteiger partial charge on any atom is -0.493 e. The van der Waals surface area contributed by atoms with Crippen LogP contribution in [0.2, 0.25) is 0 Å². The van der Waals surface area contributed by atoms with E-state index in [-0.39, 0.29) is 0 Å². The topological polar surface area (TPSA) is 54.9 Å². The second-order valence-electron chi connectivity index (χ2n) is 5.69. The number of ether oxygens (including phenoxy) is 2. The molecule has 0 saturated heterocycles. The lowest BCUT2D eigenvalue weighted by Gasteiger charge is -2.18. The zero-order chi connectivity index (χ0) is 17.4. The summed E-state index contributed by atoms with van der Waals surface area (Å²) in [6.45, 7) is 4.47. The largest absolute Gasteiger partial charge is 0.493 e. The summed E-state index contributed by atoms with van der Waals surface area (Å²) in [5.74, 6) is 2.31. The molecule has 0 radical (unpaired) electrons. The van der Waals surface area contributed by atoms with Crippen molar-refractivity contribution in [2.75, 3.05) is 21.3 Å². The van der Waals surface area contributed by atoms with Crippen molar-refractivity contribution in [2.24, 2.45) is 4.99 Å². The molecule has 0 amide bonds. The van der Waals surface area contributed by atoms with Gasteiger partial charge in [-0.2, -0.15) is 0 Å². The van der Waals surface area contributed by atoms with Crippen LogP contribution in [0.25, 0.3) is 0 Å². The summed E-state index contributed by atoms with van der Waals surface area (Å²) in [5.41, 5.74) is 2.17. The van der Waals surface area contributed by atoms with Crippen molar-refractivity contribution in [2.45, 2.75) is 31.8 Å². The average molecular weight is 329 g/mol. The second kappa shape index (κ2) is 9.01. The molecule has 1 aromatic carbocycles. The minimum absolute atomic E-state index is 0.429. The van der Waals surface area contributed by atoms with Crippen LogP contribution in [0.3, 0.4) is 0 Å². The monoisotopic (exact) mass is 329 g/mol. The molecule has 1 aliphatic rings. The van der Waals surface area contributed by atoms with Crippen molar-refractivity contribution < 1.29 is 9.47 Å². The molecule has 1 aromatic rings. The third kappa shape index (κ3) is 4.54. The van der Waals surface area contributed by atoms with Crippen molar-refractivity contribution >= 4 is 5.96 Å². The number of nitrogens with zero attached hydrogens (tertiary/aromatic N) is 1. The van der Waals surface area contributed by atoms with E-state index in [1.165, 1.54) is 0 Å². The van der Waals surface area contributed by atoms with Gasteiger partial charge in [0.25, 0.3) is 0 Å². The molecule has 130 valence electrons. The summed E-state index contributed by atoms with van der Waals surface area (Å²) in [6, 6.07) is 4.53. The fourth-order valence-electron chi connectivity index (χ4n) is 2.82. The zero-order valence-corrected chi connectivity index (χ0v) is 14.8. The third-order valence-corrected chi connectivity index (χ3v) is 4.01. The smallest absolute Gasteiger partial charge is 0.191 e. The molecule has 1 aliphatic carbocycles. The van der Waals surface area contributed by atoms with Crippen molar-refractivity contribution in [3.63, 3.8) is 0 Å². The molecule has 0 atom stereocenters. The van der Waals surface area contributed by atoms with Gasteiger partial charge < -0.3 is 20.1 Å². The highest BCUT2D eigenvalue weighted by atomic mass is 16.5. The summed E-state index contributed by atoms with van der Waals surface area (Å²) in [6.07, 6.45) is 9.07. The van der Waals surface area contributed by atoms with Crippen LogP contribution in [0, 0.1) is 0 Å². The molecular formula is C19H27N3O2. The van der Waals surface area contributed by atoms with Crippen LogP contribution in [0.4, 0.5) is 0 Å². The Morgan fingerprint density at radius 2 is 2.04 bits per heavy atom. The van der Waals surface area contributed by atoms with E-state index in [9.17, 15) is 0 Å². The highest BCUT2D eigenvalue weighted by Gasteiger charge is 2.14. The molecule has 0 bridgehead atoms. The van der Waals surface area contributed by atoms with Gasteiger partial charge in [-0.1, -0.05) is 18.2 Å². The van der Waals surface area contributed by atoms with Gasteiger partial charge in [0.1, 0.15) is 0 Å². The van der Waals surface area contributed by atoms with Crippen LogP contribution in [0.1, 0.15) is 24.0 Å². The maximum atomic E-state index is 5.47. The maximum absolute atomic E-state index is 5.47. The van der Waals surface area contributed by atoms with Crippen molar-refractivity contribution in [3.05, 3.63) is 48.1 Å². The van der Waals surface area contributed by atoms with Gasteiger partial charge in [0.2, 0.25) is 0 Å². The molecule has 0 fully saturated rings. The first-order valence-corrected chi connectivity index (χ1v) is 8.18. The molecule has 2 N–H and O–H groups in total. The van der Waals surface area contributed by atoms with Crippen molar-refractivity contribution in [3.8, 4) is 11.5 Å². The normalized spacial score (nSPS) is 14.5. The Kier molecular flexibility index (Phi) is 6.73. The summed E-state index contributed by atoms with van der Waals surface area (Å²) < 4.78 is 10.9. The van der Waals surface area contributed by atoms with Gasteiger partial charge in [-0.3, -0.25) is 4.99 Å². The Labute approximate surface area is 144 Å². The van der Waals surface area contributed by atoms with Crippen LogP contribution in [-0.2, 0) is 13.0 Å². The Morgan fingerprint density at radius 3 is 2.62 bits per heavy atom. The molecule has 0 heterocycles. The van der Waals surface area contributed by atoms with Gasteiger partial charge in [-0.05, 0) is 37.0 Å². The van der Waals surface area contributed by atoms with Gasteiger partial charge in [-0.15, -0.1) is 6.58 Å². The van der Waals surface area contributed by atoms with E-state index in [2.05, 4.69) is 40.4 Å². The summed E-state index contributed by atoms with van der Waals surface area (Å²) in [7, 11) is 5.10. The molecule has 0 saturated carbocycles. The van der Waals surface area contributed by atoms with Crippen molar-refractivity contribution in [1.82, 2.24) is 10.6 Å². The quantitative estimate of drug-likeness (QED) is 0.459. The van der Waals surface area contributed by atoms with Crippen LogP contribution in [0.15, 0.2) is 41.9 Å². The summed E-state index contributed by atoms with van der Waals surface area (Å²) in [5, 5.41) is 6.79. The van der Waals surface area contributed by atoms with E-state index in [1.54, 1.807) is 21.3 Å². The standard InChI is InChI=1S/C19H27N3O2/c1-5-8-15-11-14(12-17(23-3)18(15)24-4)13-21-19(20-2)22-16-9-6-7-10-16/h5-7,11-12,16H,1,8-10,13H2,2-4H3,(H2,20,21,22). The highest BCUT2D eigenvalue weighted by molar-refractivity contribution is 5.80. The van der Waals surface area contributed by atoms with Crippen LogP contribution < -0.4 is 20.1 Å². The highest BCUT2D eigenvalue weighted by Crippen LogP contribution is 2.33. The number of allylic oxidation sites excluding steroid dienone is 1. The first-order valence-electron chi connectivity index (χ1n) is 8.18. The van der Waals surface area contributed by atoms with E-state index in [0.29, 0.717) is 12.6 Å². The Balaban J connectivity index is 2.07. The van der Waals surface area contributed by atoms with Crippen LogP contribution in [-0.4, -0.2) is 33.3 Å². The summed E-state index contributed by atoms with van der Waals surface area (Å²) >= 11 is 0. The molecule has 0 aromatic heterocycles. The number of hydrogen-bond donors (Lipinski definition) is 2. The SMILES string of the molecule is C=CCc1cc(CNC(=NC)NC2CC=CC2)cc(OC)c1OC. The molecule has 24 heavy (non-hydrogen) atoms. The number of rotatable bonds is 7. The molecule has 5 nitrogen and oxygen atoms in total. The molecule has 2 rings (SSSR count). The molecule has 0 aliphatic heterocycles. The van der Waals surface area contributed by atoms with E-state index in [0.717, 1.165) is 47.8 Å². The number of methoxy groups -OCH3 is 2. The van der Waals surface area contributed by atoms with Crippen LogP contribution in [0.5, 0.6) is 11.5 Å². The van der Waals surface area contributed by atoms with Crippen LogP contribution >= 0.6 is 0 Å². The van der Waals surface area contributed by atoms with E-state index in [4.69, 9.17) is 9.47 Å². The maximum Gasteiger partial charge on any atom is 0.191 e. The number of hydrogen-bond acceptors (Lipinski definition) is 3. The fraction of sp³-hybridized carbons (Fsp3) is 0.421. The van der Waals surface area contributed by atoms with Gasteiger partial charge in [-0.25, -0.2) is 0 Å². The Morgan fingerprint density at radius 1 is 1.29 bits per heavy atom. The first-order chi connectivity index (χ1) is 11.7. The number of aliphatic imine (C=N–C) groups is 1. The van der Waals surface area contributed by atoms with Gasteiger partial charge in [0, 0.05) is 25.2 Å². The van der Waals surface area contributed by atoms with E-state index in [1.807, 2.05) is 12.1 Å². The molecular weight excluding hydrogens is 302 g/mol. The predicted octanol–water partition coefficient (Wildman–Crippen LogP) is 2.82. The lowest BCUT2D eigenvalue weighted by Crippen LogP contribution is -2.42. The average Bonchev–Trinajstić information content (AvgIpc) is 3.11. The Hall–Kier alpha value is -2.43.